The van der Waals surface area contributed by atoms with Gasteiger partial charge in [0.1, 0.15) is 0 Å². The second-order valence-corrected chi connectivity index (χ2v) is 7.83. The lowest BCUT2D eigenvalue weighted by Gasteiger charge is -2.09. The molecule has 0 aromatic heterocycles. The van der Waals surface area contributed by atoms with Gasteiger partial charge < -0.3 is 5.32 Å². The second kappa shape index (κ2) is 6.75. The standard InChI is InChI=1S/C17H19NO3S/c1-13(2)22(20,21)16-10-8-14(9-11-16)12-17(19)18-15-6-4-3-5-7-15/h3-11,13H,12H2,1-2H3,(H,18,19). The topological polar surface area (TPSA) is 63.2 Å². The number of benzene rings is 2. The number of carbonyl (C=O) groups is 1. The third-order valence-corrected chi connectivity index (χ3v) is 5.47. The van der Waals surface area contributed by atoms with Crippen molar-refractivity contribution >= 4 is 21.4 Å². The largest absolute Gasteiger partial charge is 0.326 e. The van der Waals surface area contributed by atoms with Crippen molar-refractivity contribution in [2.75, 3.05) is 5.32 Å². The summed E-state index contributed by atoms with van der Waals surface area (Å²) in [5, 5.41) is 2.34. The van der Waals surface area contributed by atoms with E-state index in [-0.39, 0.29) is 17.2 Å². The molecule has 1 amide bonds. The number of para-hydroxylation sites is 1. The van der Waals surface area contributed by atoms with Crippen LogP contribution in [0.1, 0.15) is 19.4 Å². The highest BCUT2D eigenvalue weighted by molar-refractivity contribution is 7.92. The lowest BCUT2D eigenvalue weighted by atomic mass is 10.1. The third kappa shape index (κ3) is 3.95. The van der Waals surface area contributed by atoms with Crippen LogP contribution in [0.5, 0.6) is 0 Å². The van der Waals surface area contributed by atoms with Crippen LogP contribution in [0.15, 0.2) is 59.5 Å². The summed E-state index contributed by atoms with van der Waals surface area (Å²) in [4.78, 5) is 12.2. The Morgan fingerprint density at radius 2 is 1.59 bits per heavy atom. The molecule has 2 aromatic carbocycles. The molecule has 0 unspecified atom stereocenters. The maximum atomic E-state index is 12.0. The van der Waals surface area contributed by atoms with Gasteiger partial charge in [-0.25, -0.2) is 8.42 Å². The molecule has 0 atom stereocenters. The van der Waals surface area contributed by atoms with Crippen molar-refractivity contribution in [3.8, 4) is 0 Å². The number of rotatable bonds is 5. The molecule has 1 N–H and O–H groups in total. The Morgan fingerprint density at radius 1 is 1.00 bits per heavy atom. The van der Waals surface area contributed by atoms with Crippen molar-refractivity contribution in [2.24, 2.45) is 0 Å². The van der Waals surface area contributed by atoms with Gasteiger partial charge in [-0.15, -0.1) is 0 Å². The summed E-state index contributed by atoms with van der Waals surface area (Å²) in [7, 11) is -3.27. The number of amides is 1. The maximum absolute atomic E-state index is 12.0. The van der Waals surface area contributed by atoms with Gasteiger partial charge in [-0.1, -0.05) is 30.3 Å². The highest BCUT2D eigenvalue weighted by atomic mass is 32.2. The molecular formula is C17H19NO3S. The second-order valence-electron chi connectivity index (χ2n) is 5.33. The summed E-state index contributed by atoms with van der Waals surface area (Å²) in [5.41, 5.74) is 1.52. The van der Waals surface area contributed by atoms with E-state index in [1.165, 1.54) is 0 Å². The van der Waals surface area contributed by atoms with Crippen molar-refractivity contribution in [1.82, 2.24) is 0 Å². The van der Waals surface area contributed by atoms with Crippen LogP contribution in [0.3, 0.4) is 0 Å². The molecule has 2 aromatic rings. The van der Waals surface area contributed by atoms with Gasteiger partial charge in [0, 0.05) is 5.69 Å². The molecule has 0 spiro atoms. The van der Waals surface area contributed by atoms with Crippen LogP contribution in [-0.4, -0.2) is 19.6 Å². The van der Waals surface area contributed by atoms with E-state index in [1.54, 1.807) is 38.1 Å². The normalized spacial score (nSPS) is 11.4. The number of hydrogen-bond acceptors (Lipinski definition) is 3. The number of anilines is 1. The van der Waals surface area contributed by atoms with Gasteiger partial charge in [0.2, 0.25) is 5.91 Å². The van der Waals surface area contributed by atoms with Crippen molar-refractivity contribution in [2.45, 2.75) is 30.4 Å². The lowest BCUT2D eigenvalue weighted by molar-refractivity contribution is -0.115. The molecule has 0 aliphatic carbocycles. The number of carbonyl (C=O) groups excluding carboxylic acids is 1. The van der Waals surface area contributed by atoms with Gasteiger partial charge in [-0.05, 0) is 43.7 Å². The van der Waals surface area contributed by atoms with E-state index in [2.05, 4.69) is 5.32 Å². The Morgan fingerprint density at radius 3 is 2.14 bits per heavy atom. The smallest absolute Gasteiger partial charge is 0.228 e. The van der Waals surface area contributed by atoms with Crippen LogP contribution in [0, 0.1) is 0 Å². The number of nitrogens with one attached hydrogen (secondary N) is 1. The fourth-order valence-electron chi connectivity index (χ4n) is 1.98. The Kier molecular flexibility index (Phi) is 4.98. The molecule has 116 valence electrons. The van der Waals surface area contributed by atoms with Crippen molar-refractivity contribution in [1.29, 1.82) is 0 Å². The Balaban J connectivity index is 2.04. The van der Waals surface area contributed by atoms with E-state index in [1.807, 2.05) is 30.3 Å². The van der Waals surface area contributed by atoms with Gasteiger partial charge >= 0.3 is 0 Å². The zero-order chi connectivity index (χ0) is 16.2. The molecule has 0 bridgehead atoms. The summed E-state index contributed by atoms with van der Waals surface area (Å²) in [5.74, 6) is -0.134. The zero-order valence-electron chi connectivity index (χ0n) is 12.6. The minimum absolute atomic E-state index is 0.134. The molecule has 2 rings (SSSR count). The molecule has 0 heterocycles. The monoisotopic (exact) mass is 317 g/mol. The molecule has 4 nitrogen and oxygen atoms in total. The van der Waals surface area contributed by atoms with E-state index in [9.17, 15) is 13.2 Å². The van der Waals surface area contributed by atoms with Crippen molar-refractivity contribution in [3.05, 3.63) is 60.2 Å². The van der Waals surface area contributed by atoms with Crippen LogP contribution in [0.4, 0.5) is 5.69 Å². The van der Waals surface area contributed by atoms with Gasteiger partial charge in [-0.2, -0.15) is 0 Å². The molecule has 0 fully saturated rings. The number of hydrogen-bond donors (Lipinski definition) is 1. The van der Waals surface area contributed by atoms with Crippen LogP contribution in [-0.2, 0) is 21.1 Å². The molecule has 5 heteroatoms. The van der Waals surface area contributed by atoms with E-state index in [4.69, 9.17) is 0 Å². The van der Waals surface area contributed by atoms with E-state index in [0.717, 1.165) is 11.3 Å². The highest BCUT2D eigenvalue weighted by Gasteiger charge is 2.18. The van der Waals surface area contributed by atoms with Gasteiger partial charge in [-0.3, -0.25) is 4.79 Å². The van der Waals surface area contributed by atoms with Gasteiger partial charge in [0.15, 0.2) is 9.84 Å². The SMILES string of the molecule is CC(C)S(=O)(=O)c1ccc(CC(=O)Nc2ccccc2)cc1. The van der Waals surface area contributed by atoms with Crippen LogP contribution in [0.25, 0.3) is 0 Å². The summed E-state index contributed by atoms with van der Waals surface area (Å²) in [6.07, 6.45) is 0.205. The van der Waals surface area contributed by atoms with E-state index < -0.39 is 15.1 Å². The lowest BCUT2D eigenvalue weighted by Crippen LogP contribution is -2.15. The maximum Gasteiger partial charge on any atom is 0.228 e. The average Bonchev–Trinajstić information content (AvgIpc) is 2.48. The summed E-state index contributed by atoms with van der Waals surface area (Å²) in [6.45, 7) is 3.30. The Labute approximate surface area is 131 Å². The molecular weight excluding hydrogens is 298 g/mol. The minimum Gasteiger partial charge on any atom is -0.326 e. The van der Waals surface area contributed by atoms with E-state index in [0.29, 0.717) is 0 Å². The van der Waals surface area contributed by atoms with Crippen LogP contribution in [0.2, 0.25) is 0 Å². The fraction of sp³-hybridized carbons (Fsp3) is 0.235. The first-order valence-corrected chi connectivity index (χ1v) is 8.62. The molecule has 0 saturated heterocycles. The predicted octanol–water partition coefficient (Wildman–Crippen LogP) is 3.05. The Bertz CT molecular complexity index is 735. The molecule has 22 heavy (non-hydrogen) atoms. The zero-order valence-corrected chi connectivity index (χ0v) is 13.4. The summed E-state index contributed by atoms with van der Waals surface area (Å²) >= 11 is 0. The predicted molar refractivity (Wildman–Crippen MR) is 87.5 cm³/mol. The van der Waals surface area contributed by atoms with Crippen molar-refractivity contribution < 1.29 is 13.2 Å². The molecule has 0 radical (unpaired) electrons. The third-order valence-electron chi connectivity index (χ3n) is 3.29. The molecule has 0 aliphatic heterocycles. The first-order valence-electron chi connectivity index (χ1n) is 7.07. The quantitative estimate of drug-likeness (QED) is 0.922. The van der Waals surface area contributed by atoms with Gasteiger partial charge in [0.25, 0.3) is 0 Å². The summed E-state index contributed by atoms with van der Waals surface area (Å²) in [6, 6.07) is 15.7. The average molecular weight is 317 g/mol. The fourth-order valence-corrected chi connectivity index (χ4v) is 3.04. The van der Waals surface area contributed by atoms with Crippen LogP contribution >= 0.6 is 0 Å². The molecule has 0 aliphatic rings. The van der Waals surface area contributed by atoms with Crippen molar-refractivity contribution in [3.63, 3.8) is 0 Å². The first kappa shape index (κ1) is 16.2. The first-order chi connectivity index (χ1) is 10.4. The molecule has 0 saturated carbocycles. The summed E-state index contributed by atoms with van der Waals surface area (Å²) < 4.78 is 24.1. The number of sulfone groups is 1. The van der Waals surface area contributed by atoms with E-state index >= 15 is 0 Å². The highest BCUT2D eigenvalue weighted by Crippen LogP contribution is 2.17. The van der Waals surface area contributed by atoms with Crippen LogP contribution < -0.4 is 5.32 Å². The minimum atomic E-state index is -3.27. The van der Waals surface area contributed by atoms with Gasteiger partial charge in [0.05, 0.1) is 16.6 Å². The Hall–Kier alpha value is -2.14.